The fourth-order valence-electron chi connectivity index (χ4n) is 7.58. The van der Waals surface area contributed by atoms with Crippen LogP contribution in [0.1, 0.15) is 77.6 Å². The summed E-state index contributed by atoms with van der Waals surface area (Å²) >= 11 is 0. The van der Waals surface area contributed by atoms with Gasteiger partial charge in [0.15, 0.2) is 0 Å². The second-order valence-corrected chi connectivity index (χ2v) is 11.0. The number of hydrogen-bond donors (Lipinski definition) is 3. The molecule has 0 saturated heterocycles. The van der Waals surface area contributed by atoms with Crippen LogP contribution in [0.4, 0.5) is 0 Å². The summed E-state index contributed by atoms with van der Waals surface area (Å²) in [4.78, 5) is 11.6. The number of aryl methyl sites for hydroxylation is 2. The molecule has 176 valence electrons. The molecule has 4 heteroatoms. The molecule has 4 N–H and O–H groups in total. The molecule has 3 aliphatic carbocycles. The van der Waals surface area contributed by atoms with Gasteiger partial charge in [0.2, 0.25) is 5.91 Å². The molecule has 2 fully saturated rings. The third-order valence-electron chi connectivity index (χ3n) is 9.24. The molecular weight excluding hydrogens is 410 g/mol. The zero-order valence-corrected chi connectivity index (χ0v) is 19.7. The van der Waals surface area contributed by atoms with Crippen molar-refractivity contribution in [3.8, 4) is 0 Å². The van der Waals surface area contributed by atoms with E-state index in [2.05, 4.69) is 31.2 Å². The topological polar surface area (TPSA) is 83.5 Å². The third kappa shape index (κ3) is 4.02. The van der Waals surface area contributed by atoms with E-state index in [0.29, 0.717) is 23.3 Å². The van der Waals surface area contributed by atoms with Crippen LogP contribution in [-0.4, -0.2) is 28.8 Å². The highest BCUT2D eigenvalue weighted by Gasteiger charge is 2.57. The molecule has 0 aromatic heterocycles. The first-order valence-electron chi connectivity index (χ1n) is 12.7. The zero-order chi connectivity index (χ0) is 23.2. The molecule has 0 radical (unpaired) electrons. The lowest BCUT2D eigenvalue weighted by Gasteiger charge is -2.50. The number of nitrogens with two attached hydrogens (primary N) is 1. The number of benzene rings is 2. The number of primary amides is 1. The molecule has 3 aliphatic rings. The van der Waals surface area contributed by atoms with Crippen molar-refractivity contribution in [2.75, 3.05) is 6.61 Å². The van der Waals surface area contributed by atoms with E-state index in [1.165, 1.54) is 23.1 Å². The Morgan fingerprint density at radius 1 is 1.15 bits per heavy atom. The fraction of sp³-hybridized carbons (Fsp3) is 0.552. The van der Waals surface area contributed by atoms with Crippen LogP contribution in [-0.2, 0) is 19.3 Å². The lowest BCUT2D eigenvalue weighted by atomic mass is 9.55. The number of amides is 1. The number of rotatable bonds is 6. The highest BCUT2D eigenvalue weighted by atomic mass is 16.3. The zero-order valence-electron chi connectivity index (χ0n) is 19.7. The van der Waals surface area contributed by atoms with Crippen LogP contribution in [0.3, 0.4) is 0 Å². The molecule has 4 nitrogen and oxygen atoms in total. The Morgan fingerprint density at radius 3 is 2.79 bits per heavy atom. The Labute approximate surface area is 197 Å². The number of carbonyl (C=O) groups is 1. The lowest BCUT2D eigenvalue weighted by molar-refractivity contribution is -0.0325. The van der Waals surface area contributed by atoms with E-state index >= 15 is 0 Å². The van der Waals surface area contributed by atoms with E-state index in [1.54, 1.807) is 6.07 Å². The fourth-order valence-corrected chi connectivity index (χ4v) is 7.58. The van der Waals surface area contributed by atoms with Gasteiger partial charge in [0.1, 0.15) is 0 Å². The molecule has 1 amide bonds. The van der Waals surface area contributed by atoms with Gasteiger partial charge in [-0.3, -0.25) is 4.79 Å². The van der Waals surface area contributed by atoms with Gasteiger partial charge in [0.25, 0.3) is 0 Å². The molecule has 2 aromatic rings. The first-order chi connectivity index (χ1) is 15.9. The minimum atomic E-state index is -0.396. The number of hydrogen-bond acceptors (Lipinski definition) is 3. The molecular formula is C29H37NO3. The number of fused-ring (bicyclic) bond motifs is 5. The first kappa shape index (κ1) is 22.6. The maximum Gasteiger partial charge on any atom is 0.248 e. The van der Waals surface area contributed by atoms with Crippen molar-refractivity contribution in [3.05, 3.63) is 70.3 Å². The molecule has 0 spiro atoms. The Kier molecular flexibility index (Phi) is 6.09. The highest BCUT2D eigenvalue weighted by molar-refractivity contribution is 5.92. The Bertz CT molecular complexity index is 1030. The summed E-state index contributed by atoms with van der Waals surface area (Å²) in [5.41, 5.74) is 11.5. The average molecular weight is 448 g/mol. The minimum Gasteiger partial charge on any atom is -0.396 e. The van der Waals surface area contributed by atoms with Gasteiger partial charge in [0, 0.05) is 12.2 Å². The quantitative estimate of drug-likeness (QED) is 0.614. The van der Waals surface area contributed by atoms with Gasteiger partial charge in [-0.2, -0.15) is 0 Å². The molecule has 2 saturated carbocycles. The normalized spacial score (nSPS) is 32.6. The SMILES string of the molecule is C[C@]12CC[C@@H]3c4ccc(CCCO)cc4CC[C@H]3[C@@H]1C[C@H](Cc1cccc(C(N)=O)c1)[C@@H]2O. The summed E-state index contributed by atoms with van der Waals surface area (Å²) in [7, 11) is 0. The largest absolute Gasteiger partial charge is 0.396 e. The number of aliphatic hydroxyl groups excluding tert-OH is 2. The Hall–Kier alpha value is -2.17. The predicted octanol–water partition coefficient (Wildman–Crippen LogP) is 4.40. The van der Waals surface area contributed by atoms with Crippen LogP contribution >= 0.6 is 0 Å². The van der Waals surface area contributed by atoms with Crippen molar-refractivity contribution >= 4 is 5.91 Å². The second kappa shape index (κ2) is 8.88. The van der Waals surface area contributed by atoms with Crippen LogP contribution in [0.2, 0.25) is 0 Å². The van der Waals surface area contributed by atoms with Crippen molar-refractivity contribution in [1.29, 1.82) is 0 Å². The number of aliphatic hydroxyl groups is 2. The molecule has 0 aliphatic heterocycles. The van der Waals surface area contributed by atoms with Gasteiger partial charge in [-0.15, -0.1) is 0 Å². The summed E-state index contributed by atoms with van der Waals surface area (Å²) in [5, 5.41) is 20.6. The van der Waals surface area contributed by atoms with Crippen molar-refractivity contribution in [1.82, 2.24) is 0 Å². The molecule has 0 heterocycles. The molecule has 6 atom stereocenters. The van der Waals surface area contributed by atoms with Gasteiger partial charge < -0.3 is 15.9 Å². The number of carbonyl (C=O) groups excluding carboxylic acids is 1. The van der Waals surface area contributed by atoms with Crippen LogP contribution in [0, 0.1) is 23.2 Å². The van der Waals surface area contributed by atoms with E-state index in [4.69, 9.17) is 10.8 Å². The van der Waals surface area contributed by atoms with E-state index in [9.17, 15) is 9.90 Å². The summed E-state index contributed by atoms with van der Waals surface area (Å²) in [6.07, 6.45) is 7.89. The van der Waals surface area contributed by atoms with Gasteiger partial charge in [-0.05, 0) is 115 Å². The van der Waals surface area contributed by atoms with E-state index in [0.717, 1.165) is 50.5 Å². The summed E-state index contributed by atoms with van der Waals surface area (Å²) in [6.45, 7) is 2.57. The van der Waals surface area contributed by atoms with Gasteiger partial charge >= 0.3 is 0 Å². The van der Waals surface area contributed by atoms with E-state index in [-0.39, 0.29) is 24.0 Å². The van der Waals surface area contributed by atoms with E-state index < -0.39 is 5.91 Å². The average Bonchev–Trinajstić information content (AvgIpc) is 3.07. The second-order valence-electron chi connectivity index (χ2n) is 11.0. The van der Waals surface area contributed by atoms with Gasteiger partial charge in [0.05, 0.1) is 6.10 Å². The van der Waals surface area contributed by atoms with E-state index in [1.807, 2.05) is 12.1 Å². The molecule has 33 heavy (non-hydrogen) atoms. The molecule has 0 bridgehead atoms. The maximum atomic E-state index is 11.6. The first-order valence-corrected chi connectivity index (χ1v) is 12.7. The standard InChI is InChI=1S/C29H37NO3/c1-29-12-11-24-23-9-7-18(5-3-13-31)14-20(23)8-10-25(24)26(29)17-22(27(29)32)16-19-4-2-6-21(15-19)28(30)33/h2,4,6-7,9,14-15,22,24-27,31-32H,3,5,8,10-13,16-17H2,1H3,(H2,30,33)/t22-,24+,25+,26-,27-,29-/m0/s1. The summed E-state index contributed by atoms with van der Waals surface area (Å²) < 4.78 is 0. The lowest BCUT2D eigenvalue weighted by Crippen LogP contribution is -2.44. The van der Waals surface area contributed by atoms with Crippen molar-refractivity contribution in [2.45, 2.75) is 70.3 Å². The third-order valence-corrected chi connectivity index (χ3v) is 9.24. The minimum absolute atomic E-state index is 0.0221. The van der Waals surface area contributed by atoms with Crippen molar-refractivity contribution in [2.24, 2.45) is 28.9 Å². The maximum absolute atomic E-state index is 11.6. The molecule has 2 aromatic carbocycles. The van der Waals surface area contributed by atoms with Crippen molar-refractivity contribution < 1.29 is 15.0 Å². The Balaban J connectivity index is 1.36. The smallest absolute Gasteiger partial charge is 0.248 e. The summed E-state index contributed by atoms with van der Waals surface area (Å²) in [6, 6.07) is 14.6. The highest BCUT2D eigenvalue weighted by Crippen LogP contribution is 2.62. The van der Waals surface area contributed by atoms with Crippen LogP contribution in [0.15, 0.2) is 42.5 Å². The van der Waals surface area contributed by atoms with Crippen LogP contribution in [0.5, 0.6) is 0 Å². The van der Waals surface area contributed by atoms with Gasteiger partial charge in [-0.1, -0.05) is 37.3 Å². The summed E-state index contributed by atoms with van der Waals surface area (Å²) in [5.74, 6) is 1.61. The van der Waals surface area contributed by atoms with Crippen LogP contribution in [0.25, 0.3) is 0 Å². The Morgan fingerprint density at radius 2 is 2.00 bits per heavy atom. The van der Waals surface area contributed by atoms with Crippen LogP contribution < -0.4 is 5.73 Å². The monoisotopic (exact) mass is 447 g/mol. The molecule has 5 rings (SSSR count). The van der Waals surface area contributed by atoms with Gasteiger partial charge in [-0.25, -0.2) is 0 Å². The predicted molar refractivity (Wildman–Crippen MR) is 130 cm³/mol. The molecule has 0 unspecified atom stereocenters. The van der Waals surface area contributed by atoms with Crippen molar-refractivity contribution in [3.63, 3.8) is 0 Å².